The fraction of sp³-hybridized carbons (Fsp3) is 0.120. The Morgan fingerprint density at radius 1 is 0.862 bits per heavy atom. The molecule has 2 atom stereocenters. The van der Waals surface area contributed by atoms with Crippen LogP contribution in [0.1, 0.15) is 11.1 Å². The van der Waals surface area contributed by atoms with Crippen LogP contribution in [-0.4, -0.2) is 22.9 Å². The van der Waals surface area contributed by atoms with Gasteiger partial charge in [0.1, 0.15) is 5.75 Å². The number of hydrogen-bond donors (Lipinski definition) is 0. The van der Waals surface area contributed by atoms with E-state index in [9.17, 15) is 9.59 Å². The molecule has 3 aromatic carbocycles. The molecule has 0 spiro atoms. The molecule has 2 amide bonds. The van der Waals surface area contributed by atoms with E-state index >= 15 is 0 Å². The first-order valence-electron chi connectivity index (χ1n) is 9.59. The number of nitrogens with zero attached hydrogens (tertiary/aromatic N) is 1. The third-order valence-corrected chi connectivity index (χ3v) is 4.99. The number of hydrogen-bond acceptors (Lipinski definition) is 3. The van der Waals surface area contributed by atoms with Crippen molar-refractivity contribution in [3.63, 3.8) is 0 Å². The zero-order valence-electron chi connectivity index (χ0n) is 15.8. The lowest BCUT2D eigenvalue weighted by Crippen LogP contribution is -2.63. The number of β-lactam (4-membered cyclic amide) rings is 1. The Morgan fingerprint density at radius 2 is 1.45 bits per heavy atom. The summed E-state index contributed by atoms with van der Waals surface area (Å²) in [6, 6.07) is 28.1. The van der Waals surface area contributed by atoms with Gasteiger partial charge in [0.25, 0.3) is 0 Å². The average molecular weight is 383 g/mol. The van der Waals surface area contributed by atoms with Crippen molar-refractivity contribution in [2.75, 3.05) is 0 Å². The number of para-hydroxylation sites is 1. The molecule has 0 aliphatic carbocycles. The highest BCUT2D eigenvalue weighted by Crippen LogP contribution is 2.32. The van der Waals surface area contributed by atoms with Crippen molar-refractivity contribution < 1.29 is 14.3 Å². The number of carbonyl (C=O) groups excluding carboxylic acids is 2. The SMILES string of the molecule is O=C(Oc1ccccc1)N1C(=O)[C@@H](Cc2ccccc2)[C@@H]1C=Cc1ccccc1. The molecular formula is C25H21NO3. The van der Waals surface area contributed by atoms with Crippen molar-refractivity contribution >= 4 is 18.1 Å². The molecule has 1 aliphatic heterocycles. The van der Waals surface area contributed by atoms with Gasteiger partial charge in [-0.25, -0.2) is 9.69 Å². The van der Waals surface area contributed by atoms with Crippen molar-refractivity contribution in [1.82, 2.24) is 4.90 Å². The normalized spacial score (nSPS) is 18.5. The first-order valence-corrected chi connectivity index (χ1v) is 9.59. The molecule has 0 unspecified atom stereocenters. The van der Waals surface area contributed by atoms with Gasteiger partial charge >= 0.3 is 6.09 Å². The van der Waals surface area contributed by atoms with Crippen LogP contribution in [0.2, 0.25) is 0 Å². The highest BCUT2D eigenvalue weighted by molar-refractivity contribution is 6.01. The van der Waals surface area contributed by atoms with E-state index in [1.165, 1.54) is 4.90 Å². The Balaban J connectivity index is 1.55. The summed E-state index contributed by atoms with van der Waals surface area (Å²) in [7, 11) is 0. The Morgan fingerprint density at radius 3 is 2.10 bits per heavy atom. The minimum absolute atomic E-state index is 0.211. The van der Waals surface area contributed by atoms with Gasteiger partial charge in [0.2, 0.25) is 5.91 Å². The standard InChI is InChI=1S/C25H21NO3/c27-24-22(18-20-12-6-2-7-13-20)23(17-16-19-10-4-1-5-11-19)26(24)25(28)29-21-14-8-3-9-15-21/h1-17,22-23H,18H2/t22-,23-/m0/s1. The molecule has 1 fully saturated rings. The second-order valence-corrected chi connectivity index (χ2v) is 6.95. The number of likely N-dealkylation sites (tertiary alicyclic amines) is 1. The molecule has 0 N–H and O–H groups in total. The Labute approximate surface area is 170 Å². The molecule has 0 radical (unpaired) electrons. The van der Waals surface area contributed by atoms with Crippen LogP contribution in [0.3, 0.4) is 0 Å². The minimum atomic E-state index is -0.645. The minimum Gasteiger partial charge on any atom is -0.410 e. The Hall–Kier alpha value is -3.66. The molecule has 144 valence electrons. The average Bonchev–Trinajstić information content (AvgIpc) is 2.76. The maximum Gasteiger partial charge on any atom is 0.422 e. The van der Waals surface area contributed by atoms with Crippen LogP contribution in [0.5, 0.6) is 5.75 Å². The Bertz CT molecular complexity index is 1000. The molecule has 1 heterocycles. The molecule has 0 saturated carbocycles. The van der Waals surface area contributed by atoms with Gasteiger partial charge in [0.05, 0.1) is 12.0 Å². The summed E-state index contributed by atoms with van der Waals surface area (Å²) >= 11 is 0. The number of ether oxygens (including phenoxy) is 1. The van der Waals surface area contributed by atoms with Crippen LogP contribution in [0.25, 0.3) is 6.08 Å². The fourth-order valence-electron chi connectivity index (χ4n) is 3.49. The van der Waals surface area contributed by atoms with Crippen molar-refractivity contribution in [3.05, 3.63) is 108 Å². The summed E-state index contributed by atoms with van der Waals surface area (Å²) in [6.45, 7) is 0. The van der Waals surface area contributed by atoms with E-state index in [0.29, 0.717) is 12.2 Å². The second kappa shape index (κ2) is 8.57. The van der Waals surface area contributed by atoms with E-state index in [2.05, 4.69) is 0 Å². The molecule has 0 aromatic heterocycles. The maximum atomic E-state index is 12.8. The van der Waals surface area contributed by atoms with Crippen LogP contribution >= 0.6 is 0 Å². The molecule has 1 saturated heterocycles. The highest BCUT2D eigenvalue weighted by atomic mass is 16.6. The summed E-state index contributed by atoms with van der Waals surface area (Å²) < 4.78 is 5.40. The Kier molecular flexibility index (Phi) is 5.52. The maximum absolute atomic E-state index is 12.8. The van der Waals surface area contributed by atoms with Crippen LogP contribution < -0.4 is 4.74 Å². The third kappa shape index (κ3) is 4.27. The van der Waals surface area contributed by atoms with Crippen molar-refractivity contribution in [2.45, 2.75) is 12.5 Å². The molecular weight excluding hydrogens is 362 g/mol. The van der Waals surface area contributed by atoms with E-state index in [1.807, 2.05) is 78.9 Å². The quantitative estimate of drug-likeness (QED) is 0.585. The molecule has 4 heteroatoms. The van der Waals surface area contributed by atoms with Gasteiger partial charge in [-0.05, 0) is 29.7 Å². The lowest BCUT2D eigenvalue weighted by Gasteiger charge is -2.43. The largest absolute Gasteiger partial charge is 0.422 e. The van der Waals surface area contributed by atoms with Gasteiger partial charge in [0, 0.05) is 0 Å². The smallest absolute Gasteiger partial charge is 0.410 e. The van der Waals surface area contributed by atoms with Gasteiger partial charge in [0.15, 0.2) is 0 Å². The number of rotatable bonds is 5. The third-order valence-electron chi connectivity index (χ3n) is 4.99. The molecule has 4 nitrogen and oxygen atoms in total. The van der Waals surface area contributed by atoms with Crippen molar-refractivity contribution in [2.24, 2.45) is 5.92 Å². The molecule has 0 bridgehead atoms. The first-order chi connectivity index (χ1) is 14.2. The van der Waals surface area contributed by atoms with Crippen molar-refractivity contribution in [1.29, 1.82) is 0 Å². The summed E-state index contributed by atoms with van der Waals surface area (Å²) in [5, 5.41) is 0. The summed E-state index contributed by atoms with van der Waals surface area (Å²) in [4.78, 5) is 26.7. The molecule has 29 heavy (non-hydrogen) atoms. The molecule has 3 aromatic rings. The summed E-state index contributed by atoms with van der Waals surface area (Å²) in [5.74, 6) is -0.0826. The van der Waals surface area contributed by atoms with Gasteiger partial charge in [-0.3, -0.25) is 4.79 Å². The first kappa shape index (κ1) is 18.7. The van der Waals surface area contributed by atoms with Crippen LogP contribution in [-0.2, 0) is 11.2 Å². The van der Waals surface area contributed by atoms with Crippen LogP contribution in [0, 0.1) is 5.92 Å². The zero-order valence-corrected chi connectivity index (χ0v) is 15.8. The number of amides is 2. The molecule has 4 rings (SSSR count). The lowest BCUT2D eigenvalue weighted by molar-refractivity contribution is -0.148. The zero-order chi connectivity index (χ0) is 20.1. The van der Waals surface area contributed by atoms with Crippen molar-refractivity contribution in [3.8, 4) is 5.75 Å². The fourth-order valence-corrected chi connectivity index (χ4v) is 3.49. The van der Waals surface area contributed by atoms with E-state index in [1.54, 1.807) is 24.3 Å². The monoisotopic (exact) mass is 383 g/mol. The van der Waals surface area contributed by atoms with Gasteiger partial charge in [-0.1, -0.05) is 91.0 Å². The number of benzene rings is 3. The predicted molar refractivity (Wildman–Crippen MR) is 112 cm³/mol. The lowest BCUT2D eigenvalue weighted by atomic mass is 9.82. The van der Waals surface area contributed by atoms with E-state index in [-0.39, 0.29) is 17.9 Å². The van der Waals surface area contributed by atoms with Crippen LogP contribution in [0.15, 0.2) is 97.1 Å². The number of carbonyl (C=O) groups is 2. The van der Waals surface area contributed by atoms with Gasteiger partial charge in [-0.2, -0.15) is 0 Å². The predicted octanol–water partition coefficient (Wildman–Crippen LogP) is 4.97. The van der Waals surface area contributed by atoms with Gasteiger partial charge in [-0.15, -0.1) is 0 Å². The van der Waals surface area contributed by atoms with E-state index < -0.39 is 6.09 Å². The molecule has 1 aliphatic rings. The number of imide groups is 1. The van der Waals surface area contributed by atoms with Crippen LogP contribution in [0.4, 0.5) is 4.79 Å². The second-order valence-electron chi connectivity index (χ2n) is 6.95. The van der Waals surface area contributed by atoms with E-state index in [0.717, 1.165) is 11.1 Å². The topological polar surface area (TPSA) is 46.6 Å². The summed E-state index contributed by atoms with van der Waals surface area (Å²) in [6.07, 6.45) is 3.79. The van der Waals surface area contributed by atoms with Gasteiger partial charge < -0.3 is 4.74 Å². The highest BCUT2D eigenvalue weighted by Gasteiger charge is 2.50. The van der Waals surface area contributed by atoms with E-state index in [4.69, 9.17) is 4.74 Å². The summed E-state index contributed by atoms with van der Waals surface area (Å²) in [5.41, 5.74) is 2.08.